The third kappa shape index (κ3) is 4.56. The van der Waals surface area contributed by atoms with Crippen molar-refractivity contribution in [2.75, 3.05) is 0 Å². The van der Waals surface area contributed by atoms with E-state index < -0.39 is 0 Å². The summed E-state index contributed by atoms with van der Waals surface area (Å²) in [7, 11) is 0. The van der Waals surface area contributed by atoms with E-state index in [0.717, 1.165) is 17.4 Å². The Labute approximate surface area is 96.8 Å². The number of benzene rings is 2. The Balaban J connectivity index is 0.000000165. The van der Waals surface area contributed by atoms with Gasteiger partial charge < -0.3 is 0 Å². The normalized spacial score (nSPS) is 8.88. The minimum Gasteiger partial charge on any atom is -0.298 e. The highest BCUT2D eigenvalue weighted by Gasteiger charge is 1.86. The van der Waals surface area contributed by atoms with Crippen molar-refractivity contribution in [3.8, 4) is 0 Å². The molecule has 0 spiro atoms. The molecule has 2 aromatic rings. The van der Waals surface area contributed by atoms with Crippen LogP contribution in [0.25, 0.3) is 0 Å². The molecule has 0 unspecified atom stereocenters. The third-order valence-electron chi connectivity index (χ3n) is 2.12. The summed E-state index contributed by atoms with van der Waals surface area (Å²) in [5.74, 6) is 0. The highest BCUT2D eigenvalue weighted by atomic mass is 16.1. The fourth-order valence-electron chi connectivity index (χ4n) is 1.28. The van der Waals surface area contributed by atoms with E-state index in [1.807, 2.05) is 43.3 Å². The predicted molar refractivity (Wildman–Crippen MR) is 67.7 cm³/mol. The number of aryl methyl sites for hydroxylation is 2. The first kappa shape index (κ1) is 12.2. The average Bonchev–Trinajstić information content (AvgIpc) is 2.31. The summed E-state index contributed by atoms with van der Waals surface area (Å²) in [4.78, 5) is 10.2. The second kappa shape index (κ2) is 6.57. The monoisotopic (exact) mass is 212 g/mol. The molecule has 0 saturated carbocycles. The second-order valence-corrected chi connectivity index (χ2v) is 3.69. The van der Waals surface area contributed by atoms with Gasteiger partial charge in [-0.3, -0.25) is 4.79 Å². The molecule has 0 bridgehead atoms. The Morgan fingerprint density at radius 3 is 1.81 bits per heavy atom. The van der Waals surface area contributed by atoms with Crippen LogP contribution in [0.1, 0.15) is 21.5 Å². The number of hydrogen-bond acceptors (Lipinski definition) is 1. The maximum Gasteiger partial charge on any atom is 0.150 e. The summed E-state index contributed by atoms with van der Waals surface area (Å²) in [6.45, 7) is 4.05. The first-order chi connectivity index (χ1) is 7.72. The van der Waals surface area contributed by atoms with Crippen LogP contribution in [0.4, 0.5) is 0 Å². The minimum absolute atomic E-state index is 0.745. The van der Waals surface area contributed by atoms with Crippen LogP contribution in [0.15, 0.2) is 54.6 Å². The Hall–Kier alpha value is -1.89. The summed E-state index contributed by atoms with van der Waals surface area (Å²) in [5, 5.41) is 0. The molecule has 0 aliphatic rings. The van der Waals surface area contributed by atoms with Gasteiger partial charge in [-0.1, -0.05) is 59.7 Å². The number of rotatable bonds is 1. The number of aldehydes is 1. The minimum atomic E-state index is 0.745. The molecule has 2 aromatic carbocycles. The first-order valence-corrected chi connectivity index (χ1v) is 5.26. The Morgan fingerprint density at radius 2 is 1.44 bits per heavy atom. The molecule has 0 radical (unpaired) electrons. The number of hydrogen-bond donors (Lipinski definition) is 0. The number of carbonyl (C=O) groups excluding carboxylic acids is 1. The van der Waals surface area contributed by atoms with Crippen molar-refractivity contribution in [3.05, 3.63) is 71.3 Å². The summed E-state index contributed by atoms with van der Waals surface area (Å²) in [6.07, 6.45) is 0.854. The van der Waals surface area contributed by atoms with Crippen LogP contribution in [-0.2, 0) is 0 Å². The molecule has 16 heavy (non-hydrogen) atoms. The Morgan fingerprint density at radius 1 is 0.812 bits per heavy atom. The van der Waals surface area contributed by atoms with Gasteiger partial charge in [0.15, 0.2) is 0 Å². The van der Waals surface area contributed by atoms with Gasteiger partial charge in [0.1, 0.15) is 6.29 Å². The van der Waals surface area contributed by atoms with Gasteiger partial charge in [-0.15, -0.1) is 0 Å². The molecule has 0 saturated heterocycles. The van der Waals surface area contributed by atoms with Crippen molar-refractivity contribution in [2.45, 2.75) is 13.8 Å². The molecule has 0 amide bonds. The van der Waals surface area contributed by atoms with Crippen LogP contribution in [0.2, 0.25) is 0 Å². The standard InChI is InChI=1S/C8H8O.C7H8/c1-7-3-2-4-8(5-7)6-9;1-7-5-3-2-4-6-7/h2-6H,1H3;2-6H,1H3. The van der Waals surface area contributed by atoms with Crippen molar-refractivity contribution < 1.29 is 4.79 Å². The van der Waals surface area contributed by atoms with Gasteiger partial charge in [-0.2, -0.15) is 0 Å². The van der Waals surface area contributed by atoms with E-state index in [1.54, 1.807) is 6.07 Å². The molecule has 0 atom stereocenters. The molecule has 0 aliphatic heterocycles. The van der Waals surface area contributed by atoms with Crippen molar-refractivity contribution in [1.82, 2.24) is 0 Å². The lowest BCUT2D eigenvalue weighted by Crippen LogP contribution is -1.78. The van der Waals surface area contributed by atoms with Gasteiger partial charge >= 0.3 is 0 Å². The van der Waals surface area contributed by atoms with Crippen LogP contribution >= 0.6 is 0 Å². The van der Waals surface area contributed by atoms with Gasteiger partial charge in [0.25, 0.3) is 0 Å². The first-order valence-electron chi connectivity index (χ1n) is 5.26. The smallest absolute Gasteiger partial charge is 0.150 e. The van der Waals surface area contributed by atoms with Crippen LogP contribution in [-0.4, -0.2) is 6.29 Å². The van der Waals surface area contributed by atoms with Crippen LogP contribution in [0.5, 0.6) is 0 Å². The molecule has 1 nitrogen and oxygen atoms in total. The molecule has 0 N–H and O–H groups in total. The maximum absolute atomic E-state index is 10.2. The van der Waals surface area contributed by atoms with Gasteiger partial charge in [-0.05, 0) is 19.9 Å². The molecule has 82 valence electrons. The quantitative estimate of drug-likeness (QED) is 0.657. The fourth-order valence-corrected chi connectivity index (χ4v) is 1.28. The molecule has 0 aliphatic carbocycles. The summed E-state index contributed by atoms with van der Waals surface area (Å²) < 4.78 is 0. The summed E-state index contributed by atoms with van der Waals surface area (Å²) in [5.41, 5.74) is 3.19. The fraction of sp³-hybridized carbons (Fsp3) is 0.133. The van der Waals surface area contributed by atoms with E-state index in [9.17, 15) is 4.79 Å². The topological polar surface area (TPSA) is 17.1 Å². The average molecular weight is 212 g/mol. The zero-order valence-electron chi connectivity index (χ0n) is 9.68. The van der Waals surface area contributed by atoms with Crippen LogP contribution in [0, 0.1) is 13.8 Å². The molecule has 0 aromatic heterocycles. The largest absolute Gasteiger partial charge is 0.298 e. The maximum atomic E-state index is 10.2. The van der Waals surface area contributed by atoms with E-state index >= 15 is 0 Å². The zero-order chi connectivity index (χ0) is 11.8. The van der Waals surface area contributed by atoms with E-state index in [1.165, 1.54) is 5.56 Å². The van der Waals surface area contributed by atoms with Crippen molar-refractivity contribution >= 4 is 6.29 Å². The van der Waals surface area contributed by atoms with E-state index in [0.29, 0.717) is 0 Å². The Kier molecular flexibility index (Phi) is 5.00. The van der Waals surface area contributed by atoms with Crippen molar-refractivity contribution in [1.29, 1.82) is 0 Å². The molecule has 0 fully saturated rings. The van der Waals surface area contributed by atoms with E-state index in [2.05, 4.69) is 19.1 Å². The predicted octanol–water partition coefficient (Wildman–Crippen LogP) is 3.80. The highest BCUT2D eigenvalue weighted by Crippen LogP contribution is 1.99. The van der Waals surface area contributed by atoms with E-state index in [-0.39, 0.29) is 0 Å². The molecule has 0 heterocycles. The van der Waals surface area contributed by atoms with Gasteiger partial charge in [0.2, 0.25) is 0 Å². The SMILES string of the molecule is Cc1cccc(C=O)c1.Cc1ccccc1. The van der Waals surface area contributed by atoms with Crippen molar-refractivity contribution in [3.63, 3.8) is 0 Å². The summed E-state index contributed by atoms with van der Waals surface area (Å²) in [6, 6.07) is 17.7. The lowest BCUT2D eigenvalue weighted by molar-refractivity contribution is 0.112. The second-order valence-electron chi connectivity index (χ2n) is 3.69. The van der Waals surface area contributed by atoms with Crippen molar-refractivity contribution in [2.24, 2.45) is 0 Å². The van der Waals surface area contributed by atoms with Crippen LogP contribution in [0.3, 0.4) is 0 Å². The molecule has 2 rings (SSSR count). The zero-order valence-corrected chi connectivity index (χ0v) is 9.68. The third-order valence-corrected chi connectivity index (χ3v) is 2.12. The highest BCUT2D eigenvalue weighted by molar-refractivity contribution is 5.74. The Bertz CT molecular complexity index is 432. The van der Waals surface area contributed by atoms with Gasteiger partial charge in [-0.25, -0.2) is 0 Å². The van der Waals surface area contributed by atoms with E-state index in [4.69, 9.17) is 0 Å². The molecular formula is C15H16O. The summed E-state index contributed by atoms with van der Waals surface area (Å²) >= 11 is 0. The number of carbonyl (C=O) groups is 1. The van der Waals surface area contributed by atoms with Crippen LogP contribution < -0.4 is 0 Å². The van der Waals surface area contributed by atoms with Gasteiger partial charge in [0.05, 0.1) is 0 Å². The lowest BCUT2D eigenvalue weighted by Gasteiger charge is -1.89. The van der Waals surface area contributed by atoms with Gasteiger partial charge in [0, 0.05) is 5.56 Å². The molecular weight excluding hydrogens is 196 g/mol. The molecule has 1 heteroatoms. The lowest BCUT2D eigenvalue weighted by atomic mass is 10.2.